The Hall–Kier alpha value is -0.780. The monoisotopic (exact) mass is 315 g/mol. The fraction of sp³-hybridized carbons (Fsp3) is 0.167. The maximum atomic E-state index is 12.7. The SMILES string of the molecule is NC(CSc1ccc(F)cc1)c1occc1Br. The first kappa shape index (κ1) is 12.7. The quantitative estimate of drug-likeness (QED) is 0.868. The molecular formula is C12H11BrFNOS. The summed E-state index contributed by atoms with van der Waals surface area (Å²) in [5.41, 5.74) is 6.00. The largest absolute Gasteiger partial charge is 0.466 e. The second kappa shape index (κ2) is 5.71. The molecule has 90 valence electrons. The molecule has 2 aromatic rings. The second-order valence-corrected chi connectivity index (χ2v) is 5.45. The maximum absolute atomic E-state index is 12.7. The van der Waals surface area contributed by atoms with Crippen LogP contribution in [0.25, 0.3) is 0 Å². The van der Waals surface area contributed by atoms with Gasteiger partial charge in [-0.25, -0.2) is 4.39 Å². The Morgan fingerprint density at radius 1 is 1.29 bits per heavy atom. The van der Waals surface area contributed by atoms with Gasteiger partial charge in [-0.1, -0.05) is 0 Å². The summed E-state index contributed by atoms with van der Waals surface area (Å²) in [5, 5.41) is 0. The summed E-state index contributed by atoms with van der Waals surface area (Å²) in [4.78, 5) is 0.990. The van der Waals surface area contributed by atoms with Crippen molar-refractivity contribution in [2.24, 2.45) is 5.73 Å². The van der Waals surface area contributed by atoms with Crippen LogP contribution >= 0.6 is 27.7 Å². The molecule has 0 saturated carbocycles. The van der Waals surface area contributed by atoms with E-state index in [2.05, 4.69) is 15.9 Å². The van der Waals surface area contributed by atoms with Crippen molar-refractivity contribution in [1.82, 2.24) is 0 Å². The molecule has 2 rings (SSSR count). The standard InChI is InChI=1S/C12H11BrFNOS/c13-10-5-6-16-12(10)11(15)7-17-9-3-1-8(14)2-4-9/h1-6,11H,7,15H2. The molecule has 0 aliphatic carbocycles. The predicted octanol–water partition coefficient (Wildman–Crippen LogP) is 3.97. The molecule has 2 N–H and O–H groups in total. The Morgan fingerprint density at radius 3 is 2.59 bits per heavy atom. The van der Waals surface area contributed by atoms with Crippen LogP contribution in [0.5, 0.6) is 0 Å². The summed E-state index contributed by atoms with van der Waals surface area (Å²) in [6, 6.07) is 7.99. The maximum Gasteiger partial charge on any atom is 0.135 e. The minimum absolute atomic E-state index is 0.186. The molecule has 0 amide bonds. The van der Waals surface area contributed by atoms with Crippen molar-refractivity contribution >= 4 is 27.7 Å². The van der Waals surface area contributed by atoms with E-state index in [0.29, 0.717) is 5.75 Å². The van der Waals surface area contributed by atoms with Gasteiger partial charge in [-0.05, 0) is 46.3 Å². The third kappa shape index (κ3) is 3.34. The van der Waals surface area contributed by atoms with E-state index in [9.17, 15) is 4.39 Å². The molecule has 1 heterocycles. The summed E-state index contributed by atoms with van der Waals surface area (Å²) in [5.74, 6) is 1.18. The third-order valence-electron chi connectivity index (χ3n) is 2.22. The molecule has 0 saturated heterocycles. The lowest BCUT2D eigenvalue weighted by Gasteiger charge is -2.09. The van der Waals surface area contributed by atoms with Gasteiger partial charge in [-0.15, -0.1) is 11.8 Å². The van der Waals surface area contributed by atoms with Crippen LogP contribution in [0.1, 0.15) is 11.8 Å². The molecule has 2 nitrogen and oxygen atoms in total. The molecule has 1 aromatic carbocycles. The number of thioether (sulfide) groups is 1. The second-order valence-electron chi connectivity index (χ2n) is 3.50. The van der Waals surface area contributed by atoms with Crippen molar-refractivity contribution in [1.29, 1.82) is 0 Å². The number of nitrogens with two attached hydrogens (primary N) is 1. The van der Waals surface area contributed by atoms with Crippen LogP contribution in [0.15, 0.2) is 50.4 Å². The van der Waals surface area contributed by atoms with Crippen molar-refractivity contribution in [3.05, 3.63) is 52.6 Å². The molecule has 1 aromatic heterocycles. The average Bonchev–Trinajstić information content (AvgIpc) is 2.74. The Labute approximate surface area is 112 Å². The molecule has 0 fully saturated rings. The van der Waals surface area contributed by atoms with Crippen LogP contribution in [-0.4, -0.2) is 5.75 Å². The summed E-state index contributed by atoms with van der Waals surface area (Å²) < 4.78 is 18.9. The van der Waals surface area contributed by atoms with Gasteiger partial charge in [0.2, 0.25) is 0 Å². The highest BCUT2D eigenvalue weighted by atomic mass is 79.9. The van der Waals surface area contributed by atoms with Crippen LogP contribution in [0.2, 0.25) is 0 Å². The number of benzene rings is 1. The van der Waals surface area contributed by atoms with Gasteiger partial charge in [-0.3, -0.25) is 0 Å². The van der Waals surface area contributed by atoms with E-state index in [0.717, 1.165) is 15.1 Å². The molecule has 17 heavy (non-hydrogen) atoms. The van der Waals surface area contributed by atoms with E-state index >= 15 is 0 Å². The van der Waals surface area contributed by atoms with Gasteiger partial charge >= 0.3 is 0 Å². The summed E-state index contributed by atoms with van der Waals surface area (Å²) in [7, 11) is 0. The van der Waals surface area contributed by atoms with Crippen molar-refractivity contribution in [3.63, 3.8) is 0 Å². The predicted molar refractivity (Wildman–Crippen MR) is 70.5 cm³/mol. The van der Waals surface area contributed by atoms with E-state index < -0.39 is 0 Å². The van der Waals surface area contributed by atoms with Crippen LogP contribution in [0.4, 0.5) is 4.39 Å². The van der Waals surface area contributed by atoms with Gasteiger partial charge in [0, 0.05) is 10.6 Å². The highest BCUT2D eigenvalue weighted by Gasteiger charge is 2.13. The van der Waals surface area contributed by atoms with Crippen molar-refractivity contribution < 1.29 is 8.81 Å². The molecular weight excluding hydrogens is 305 g/mol. The fourth-order valence-electron chi connectivity index (χ4n) is 1.36. The lowest BCUT2D eigenvalue weighted by atomic mass is 10.3. The summed E-state index contributed by atoms with van der Waals surface area (Å²) >= 11 is 4.94. The van der Waals surface area contributed by atoms with Crippen molar-refractivity contribution in [2.75, 3.05) is 5.75 Å². The first-order chi connectivity index (χ1) is 8.16. The first-order valence-corrected chi connectivity index (χ1v) is 6.81. The molecule has 0 aliphatic heterocycles. The number of hydrogen-bond acceptors (Lipinski definition) is 3. The topological polar surface area (TPSA) is 39.2 Å². The lowest BCUT2D eigenvalue weighted by Crippen LogP contribution is -2.12. The number of rotatable bonds is 4. The van der Waals surface area contributed by atoms with Crippen molar-refractivity contribution in [2.45, 2.75) is 10.9 Å². The summed E-state index contributed by atoms with van der Waals surface area (Å²) in [6.07, 6.45) is 1.60. The summed E-state index contributed by atoms with van der Waals surface area (Å²) in [6.45, 7) is 0. The van der Waals surface area contributed by atoms with E-state index in [4.69, 9.17) is 10.2 Å². The minimum Gasteiger partial charge on any atom is -0.466 e. The van der Waals surface area contributed by atoms with E-state index in [1.165, 1.54) is 12.1 Å². The van der Waals surface area contributed by atoms with Gasteiger partial charge in [0.1, 0.15) is 11.6 Å². The highest BCUT2D eigenvalue weighted by molar-refractivity contribution is 9.10. The van der Waals surface area contributed by atoms with Crippen LogP contribution < -0.4 is 5.73 Å². The fourth-order valence-corrected chi connectivity index (χ4v) is 2.71. The molecule has 1 atom stereocenters. The van der Waals surface area contributed by atoms with Gasteiger partial charge < -0.3 is 10.2 Å². The van der Waals surface area contributed by atoms with Crippen LogP contribution in [-0.2, 0) is 0 Å². The molecule has 0 spiro atoms. The zero-order valence-corrected chi connectivity index (χ0v) is 11.3. The van der Waals surface area contributed by atoms with E-state index in [1.807, 2.05) is 6.07 Å². The third-order valence-corrected chi connectivity index (χ3v) is 4.01. The number of hydrogen-bond donors (Lipinski definition) is 1. The van der Waals surface area contributed by atoms with Crippen LogP contribution in [0, 0.1) is 5.82 Å². The van der Waals surface area contributed by atoms with Crippen molar-refractivity contribution in [3.8, 4) is 0 Å². The highest BCUT2D eigenvalue weighted by Crippen LogP contribution is 2.28. The normalized spacial score (nSPS) is 12.6. The van der Waals surface area contributed by atoms with E-state index in [-0.39, 0.29) is 11.9 Å². The van der Waals surface area contributed by atoms with Gasteiger partial charge in [0.05, 0.1) is 16.8 Å². The van der Waals surface area contributed by atoms with E-state index in [1.54, 1.807) is 30.2 Å². The van der Waals surface area contributed by atoms with Gasteiger partial charge in [0.15, 0.2) is 0 Å². The average molecular weight is 316 g/mol. The number of furan rings is 1. The minimum atomic E-state index is -0.229. The zero-order valence-electron chi connectivity index (χ0n) is 8.90. The van der Waals surface area contributed by atoms with Gasteiger partial charge in [-0.2, -0.15) is 0 Å². The van der Waals surface area contributed by atoms with Gasteiger partial charge in [0.25, 0.3) is 0 Å². The Bertz CT molecular complexity index is 486. The first-order valence-electron chi connectivity index (χ1n) is 5.03. The molecule has 0 radical (unpaired) electrons. The smallest absolute Gasteiger partial charge is 0.135 e. The molecule has 0 bridgehead atoms. The molecule has 1 unspecified atom stereocenters. The van der Waals surface area contributed by atoms with Crippen LogP contribution in [0.3, 0.4) is 0 Å². The Morgan fingerprint density at radius 2 is 2.00 bits per heavy atom. The zero-order chi connectivity index (χ0) is 12.3. The Kier molecular flexibility index (Phi) is 4.25. The number of halogens is 2. The molecule has 0 aliphatic rings. The molecule has 5 heteroatoms. The lowest BCUT2D eigenvalue weighted by molar-refractivity contribution is 0.480. The Balaban J connectivity index is 1.94.